The molecule has 1 aliphatic carbocycles. The van der Waals surface area contributed by atoms with Crippen LogP contribution in [0.1, 0.15) is 64.9 Å². The van der Waals surface area contributed by atoms with Crippen LogP contribution in [-0.4, -0.2) is 53.3 Å². The van der Waals surface area contributed by atoms with Crippen LogP contribution < -0.4 is 10.6 Å². The molecule has 0 unspecified atom stereocenters. The van der Waals surface area contributed by atoms with Gasteiger partial charge in [-0.1, -0.05) is 30.3 Å². The Labute approximate surface area is 207 Å². The molecular weight excluding hydrogens is 448 g/mol. The minimum Gasteiger partial charge on any atom is -0.445 e. The SMILES string of the molecule is CC(C)(C)OC(=O)N[C@H](C(=O)N1CCC[C@H]1C#N)C1CCC(NC(=O)OCc2ccccc2)CC1. The molecule has 2 N–H and O–H groups in total. The Balaban J connectivity index is 1.57. The monoisotopic (exact) mass is 484 g/mol. The van der Waals surface area contributed by atoms with E-state index in [-0.39, 0.29) is 24.5 Å². The Hall–Kier alpha value is -3.28. The summed E-state index contributed by atoms with van der Waals surface area (Å²) in [6, 6.07) is 10.4. The number of carbonyl (C=O) groups excluding carboxylic acids is 3. The molecule has 1 aromatic carbocycles. The van der Waals surface area contributed by atoms with Crippen LogP contribution in [0.5, 0.6) is 0 Å². The van der Waals surface area contributed by atoms with E-state index >= 15 is 0 Å². The lowest BCUT2D eigenvalue weighted by Gasteiger charge is -2.36. The first-order valence-electron chi connectivity index (χ1n) is 12.3. The summed E-state index contributed by atoms with van der Waals surface area (Å²) in [4.78, 5) is 39.8. The molecule has 9 heteroatoms. The molecule has 1 aromatic rings. The number of carbonyl (C=O) groups is 3. The first-order chi connectivity index (χ1) is 16.7. The maximum absolute atomic E-state index is 13.4. The van der Waals surface area contributed by atoms with Crippen LogP contribution in [0.25, 0.3) is 0 Å². The maximum Gasteiger partial charge on any atom is 0.408 e. The fraction of sp³-hybridized carbons (Fsp3) is 0.615. The van der Waals surface area contributed by atoms with E-state index in [2.05, 4.69) is 16.7 Å². The van der Waals surface area contributed by atoms with Crippen molar-refractivity contribution in [2.24, 2.45) is 5.92 Å². The Bertz CT molecular complexity index is 916. The van der Waals surface area contributed by atoms with E-state index in [0.717, 1.165) is 12.0 Å². The average molecular weight is 485 g/mol. The molecule has 3 rings (SSSR count). The molecule has 1 saturated carbocycles. The van der Waals surface area contributed by atoms with Crippen LogP contribution >= 0.6 is 0 Å². The second-order valence-electron chi connectivity index (χ2n) is 10.3. The van der Waals surface area contributed by atoms with Gasteiger partial charge in [0.15, 0.2) is 0 Å². The number of amides is 3. The number of hydrogen-bond acceptors (Lipinski definition) is 6. The van der Waals surface area contributed by atoms with Crippen molar-refractivity contribution in [2.75, 3.05) is 6.54 Å². The number of alkyl carbamates (subject to hydrolysis) is 2. The highest BCUT2D eigenvalue weighted by molar-refractivity contribution is 5.86. The van der Waals surface area contributed by atoms with Gasteiger partial charge in [0.1, 0.15) is 24.3 Å². The highest BCUT2D eigenvalue weighted by Gasteiger charge is 2.40. The third-order valence-electron chi connectivity index (χ3n) is 6.40. The van der Waals surface area contributed by atoms with Crippen molar-refractivity contribution in [2.45, 2.75) is 89.6 Å². The fourth-order valence-corrected chi connectivity index (χ4v) is 4.69. The fourth-order valence-electron chi connectivity index (χ4n) is 4.69. The topological polar surface area (TPSA) is 121 Å². The molecule has 0 bridgehead atoms. The van der Waals surface area contributed by atoms with E-state index in [1.165, 1.54) is 0 Å². The van der Waals surface area contributed by atoms with Crippen LogP contribution in [-0.2, 0) is 20.9 Å². The number of rotatable bonds is 6. The number of benzene rings is 1. The molecule has 2 aliphatic rings. The van der Waals surface area contributed by atoms with Gasteiger partial charge in [0, 0.05) is 12.6 Å². The standard InChI is InChI=1S/C26H36N4O5/c1-26(2,3)35-25(33)29-22(23(31)30-15-7-10-21(30)16-27)19-11-13-20(14-12-19)28-24(32)34-17-18-8-5-4-6-9-18/h4-6,8-9,19-22H,7,10-15,17H2,1-3H3,(H,28,32)(H,29,33)/t19?,20?,21-,22-/m0/s1. The van der Waals surface area contributed by atoms with Crippen molar-refractivity contribution in [1.29, 1.82) is 5.26 Å². The first kappa shape index (κ1) is 26.3. The van der Waals surface area contributed by atoms with Crippen LogP contribution in [0, 0.1) is 17.2 Å². The molecule has 1 saturated heterocycles. The van der Waals surface area contributed by atoms with Gasteiger partial charge in [-0.05, 0) is 70.8 Å². The van der Waals surface area contributed by atoms with Gasteiger partial charge >= 0.3 is 12.2 Å². The van der Waals surface area contributed by atoms with E-state index in [1.807, 2.05) is 30.3 Å². The van der Waals surface area contributed by atoms with E-state index in [1.54, 1.807) is 25.7 Å². The molecule has 2 fully saturated rings. The highest BCUT2D eigenvalue weighted by Crippen LogP contribution is 2.30. The van der Waals surface area contributed by atoms with E-state index in [0.29, 0.717) is 38.6 Å². The Morgan fingerprint density at radius 2 is 1.77 bits per heavy atom. The summed E-state index contributed by atoms with van der Waals surface area (Å²) in [6.07, 6.45) is 2.90. The lowest BCUT2D eigenvalue weighted by molar-refractivity contribution is -0.135. The maximum atomic E-state index is 13.4. The van der Waals surface area contributed by atoms with Gasteiger partial charge in [0.2, 0.25) is 5.91 Å². The molecule has 2 atom stereocenters. The Kier molecular flexibility index (Phi) is 8.96. The van der Waals surface area contributed by atoms with Crippen molar-refractivity contribution < 1.29 is 23.9 Å². The van der Waals surface area contributed by atoms with Crippen LogP contribution in [0.3, 0.4) is 0 Å². The summed E-state index contributed by atoms with van der Waals surface area (Å²) >= 11 is 0. The summed E-state index contributed by atoms with van der Waals surface area (Å²) in [6.45, 7) is 6.01. The zero-order chi connectivity index (χ0) is 25.4. The number of hydrogen-bond donors (Lipinski definition) is 2. The van der Waals surface area contributed by atoms with E-state index < -0.39 is 29.9 Å². The van der Waals surface area contributed by atoms with E-state index in [4.69, 9.17) is 9.47 Å². The van der Waals surface area contributed by atoms with Gasteiger partial charge in [-0.15, -0.1) is 0 Å². The second-order valence-corrected chi connectivity index (χ2v) is 10.3. The second kappa shape index (κ2) is 11.9. The molecule has 190 valence electrons. The lowest BCUT2D eigenvalue weighted by atomic mass is 9.81. The largest absolute Gasteiger partial charge is 0.445 e. The molecule has 0 aromatic heterocycles. The quantitative estimate of drug-likeness (QED) is 0.632. The van der Waals surface area contributed by atoms with Crippen LogP contribution in [0.15, 0.2) is 30.3 Å². The number of nitrogens with zero attached hydrogens (tertiary/aromatic N) is 2. The van der Waals surface area contributed by atoms with Crippen molar-refractivity contribution in [3.8, 4) is 6.07 Å². The summed E-state index contributed by atoms with van der Waals surface area (Å²) in [7, 11) is 0. The van der Waals surface area contributed by atoms with Crippen molar-refractivity contribution >= 4 is 18.1 Å². The van der Waals surface area contributed by atoms with Crippen molar-refractivity contribution in [1.82, 2.24) is 15.5 Å². The van der Waals surface area contributed by atoms with Gasteiger partial charge in [-0.25, -0.2) is 9.59 Å². The summed E-state index contributed by atoms with van der Waals surface area (Å²) < 4.78 is 10.7. The number of nitriles is 1. The van der Waals surface area contributed by atoms with Crippen LogP contribution in [0.2, 0.25) is 0 Å². The van der Waals surface area contributed by atoms with Gasteiger partial charge in [-0.2, -0.15) is 5.26 Å². The third-order valence-corrected chi connectivity index (χ3v) is 6.40. The summed E-state index contributed by atoms with van der Waals surface area (Å²) in [5.41, 5.74) is 0.223. The molecule has 3 amide bonds. The smallest absolute Gasteiger partial charge is 0.408 e. The average Bonchev–Trinajstić information content (AvgIpc) is 3.30. The molecule has 0 radical (unpaired) electrons. The van der Waals surface area contributed by atoms with Gasteiger partial charge in [-0.3, -0.25) is 4.79 Å². The molecular formula is C26H36N4O5. The predicted octanol–water partition coefficient (Wildman–Crippen LogP) is 3.88. The van der Waals surface area contributed by atoms with Crippen molar-refractivity contribution in [3.63, 3.8) is 0 Å². The number of nitrogens with one attached hydrogen (secondary N) is 2. The molecule has 1 aliphatic heterocycles. The number of likely N-dealkylation sites (tertiary alicyclic amines) is 1. The third kappa shape index (κ3) is 7.88. The van der Waals surface area contributed by atoms with Crippen molar-refractivity contribution in [3.05, 3.63) is 35.9 Å². The van der Waals surface area contributed by atoms with Gasteiger partial charge < -0.3 is 25.0 Å². The lowest BCUT2D eigenvalue weighted by Crippen LogP contribution is -2.55. The Morgan fingerprint density at radius 1 is 1.09 bits per heavy atom. The van der Waals surface area contributed by atoms with E-state index in [9.17, 15) is 19.6 Å². The number of ether oxygens (including phenoxy) is 2. The molecule has 0 spiro atoms. The molecule has 1 heterocycles. The molecule has 35 heavy (non-hydrogen) atoms. The summed E-state index contributed by atoms with van der Waals surface area (Å²) in [5, 5.41) is 15.1. The zero-order valence-corrected chi connectivity index (χ0v) is 20.8. The zero-order valence-electron chi connectivity index (χ0n) is 20.8. The van der Waals surface area contributed by atoms with Gasteiger partial charge in [0.25, 0.3) is 0 Å². The molecule has 9 nitrogen and oxygen atoms in total. The first-order valence-corrected chi connectivity index (χ1v) is 12.3. The Morgan fingerprint density at radius 3 is 2.40 bits per heavy atom. The minimum absolute atomic E-state index is 0.0644. The normalized spacial score (nSPS) is 23.0. The minimum atomic E-state index is -0.773. The van der Waals surface area contributed by atoms with Crippen LogP contribution in [0.4, 0.5) is 9.59 Å². The summed E-state index contributed by atoms with van der Waals surface area (Å²) in [5.74, 6) is -0.355. The highest BCUT2D eigenvalue weighted by atomic mass is 16.6. The van der Waals surface area contributed by atoms with Gasteiger partial charge in [0.05, 0.1) is 6.07 Å². The predicted molar refractivity (Wildman–Crippen MR) is 129 cm³/mol.